The lowest BCUT2D eigenvalue weighted by Crippen LogP contribution is -2.34. The smallest absolute Gasteiger partial charge is 0.242 e. The predicted octanol–water partition coefficient (Wildman–Crippen LogP) is 2.37. The molecule has 1 saturated heterocycles. The number of rotatable bonds is 3. The van der Waals surface area contributed by atoms with Crippen LogP contribution in [-0.4, -0.2) is 30.5 Å². The highest BCUT2D eigenvalue weighted by Gasteiger charge is 2.37. The van der Waals surface area contributed by atoms with Crippen LogP contribution in [0.1, 0.15) is 26.7 Å². The summed E-state index contributed by atoms with van der Waals surface area (Å²) in [6.07, 6.45) is -0.612. The van der Waals surface area contributed by atoms with Gasteiger partial charge in [-0.2, -0.15) is 0 Å². The molecular formula is C9H17F2N. The molecule has 0 aliphatic carbocycles. The van der Waals surface area contributed by atoms with Crippen molar-refractivity contribution in [2.75, 3.05) is 13.1 Å². The van der Waals surface area contributed by atoms with Gasteiger partial charge in [-0.15, -0.1) is 0 Å². The van der Waals surface area contributed by atoms with E-state index in [1.54, 1.807) is 0 Å². The van der Waals surface area contributed by atoms with Crippen molar-refractivity contribution in [3.63, 3.8) is 0 Å². The van der Waals surface area contributed by atoms with Gasteiger partial charge < -0.3 is 4.90 Å². The average molecular weight is 177 g/mol. The van der Waals surface area contributed by atoms with Gasteiger partial charge in [0.1, 0.15) is 0 Å². The van der Waals surface area contributed by atoms with E-state index in [1.165, 1.54) is 0 Å². The zero-order valence-corrected chi connectivity index (χ0v) is 7.76. The second-order valence-corrected chi connectivity index (χ2v) is 3.39. The number of hydrogen-bond acceptors (Lipinski definition) is 1. The van der Waals surface area contributed by atoms with Crippen LogP contribution in [0, 0.1) is 5.92 Å². The first kappa shape index (κ1) is 9.90. The van der Waals surface area contributed by atoms with Gasteiger partial charge in [-0.25, -0.2) is 8.78 Å². The summed E-state index contributed by atoms with van der Waals surface area (Å²) >= 11 is 0. The normalized spacial score (nSPS) is 31.8. The molecule has 0 aromatic carbocycles. The van der Waals surface area contributed by atoms with Crippen LogP contribution >= 0.6 is 0 Å². The zero-order valence-electron chi connectivity index (χ0n) is 7.76. The summed E-state index contributed by atoms with van der Waals surface area (Å²) in [5.41, 5.74) is 0. The fourth-order valence-electron chi connectivity index (χ4n) is 2.19. The summed E-state index contributed by atoms with van der Waals surface area (Å²) in [7, 11) is 0. The monoisotopic (exact) mass is 177 g/mol. The van der Waals surface area contributed by atoms with E-state index in [4.69, 9.17) is 0 Å². The van der Waals surface area contributed by atoms with Crippen molar-refractivity contribution in [1.29, 1.82) is 0 Å². The van der Waals surface area contributed by atoms with Crippen molar-refractivity contribution in [3.8, 4) is 0 Å². The van der Waals surface area contributed by atoms with Gasteiger partial charge in [-0.1, -0.05) is 13.8 Å². The minimum atomic E-state index is -2.13. The summed E-state index contributed by atoms with van der Waals surface area (Å²) < 4.78 is 24.9. The fourth-order valence-corrected chi connectivity index (χ4v) is 2.19. The summed E-state index contributed by atoms with van der Waals surface area (Å²) in [5, 5.41) is 0. The number of nitrogens with zero attached hydrogens (tertiary/aromatic N) is 1. The summed E-state index contributed by atoms with van der Waals surface area (Å²) in [4.78, 5) is 2.16. The van der Waals surface area contributed by atoms with Crippen LogP contribution in [0.4, 0.5) is 8.78 Å². The van der Waals surface area contributed by atoms with Crippen LogP contribution in [0.2, 0.25) is 0 Å². The Labute approximate surface area is 72.7 Å². The SMILES string of the molecule is CCC1C(C(F)F)CCN1CC. The van der Waals surface area contributed by atoms with Crippen LogP contribution < -0.4 is 0 Å². The Morgan fingerprint density at radius 3 is 2.50 bits per heavy atom. The molecule has 0 spiro atoms. The maximum absolute atomic E-state index is 12.5. The Kier molecular flexibility index (Phi) is 3.44. The Morgan fingerprint density at radius 2 is 2.08 bits per heavy atom. The topological polar surface area (TPSA) is 3.24 Å². The van der Waals surface area contributed by atoms with Gasteiger partial charge in [0.05, 0.1) is 0 Å². The van der Waals surface area contributed by atoms with Gasteiger partial charge in [0.2, 0.25) is 6.43 Å². The third-order valence-corrected chi connectivity index (χ3v) is 2.86. The maximum atomic E-state index is 12.5. The molecule has 1 nitrogen and oxygen atoms in total. The van der Waals surface area contributed by atoms with Crippen LogP contribution in [0.25, 0.3) is 0 Å². The van der Waals surface area contributed by atoms with Crippen molar-refractivity contribution < 1.29 is 8.78 Å². The number of alkyl halides is 2. The van der Waals surface area contributed by atoms with Gasteiger partial charge in [-0.3, -0.25) is 0 Å². The highest BCUT2D eigenvalue weighted by atomic mass is 19.3. The molecule has 2 unspecified atom stereocenters. The largest absolute Gasteiger partial charge is 0.300 e. The highest BCUT2D eigenvalue weighted by molar-refractivity contribution is 4.86. The number of likely N-dealkylation sites (tertiary alicyclic amines) is 1. The maximum Gasteiger partial charge on any atom is 0.242 e. The van der Waals surface area contributed by atoms with Crippen molar-refractivity contribution in [2.24, 2.45) is 5.92 Å². The van der Waals surface area contributed by atoms with E-state index in [2.05, 4.69) is 4.90 Å². The van der Waals surface area contributed by atoms with E-state index in [-0.39, 0.29) is 12.0 Å². The first-order valence-corrected chi connectivity index (χ1v) is 4.72. The Balaban J connectivity index is 2.56. The minimum Gasteiger partial charge on any atom is -0.300 e. The van der Waals surface area contributed by atoms with Gasteiger partial charge in [0.25, 0.3) is 0 Å². The molecule has 0 aromatic heterocycles. The quantitative estimate of drug-likeness (QED) is 0.639. The van der Waals surface area contributed by atoms with Crippen LogP contribution in [0.15, 0.2) is 0 Å². The molecule has 12 heavy (non-hydrogen) atoms. The standard InChI is InChI=1S/C9H17F2N/c1-3-8-7(9(10)11)5-6-12(8)4-2/h7-9H,3-6H2,1-2H3. The van der Waals surface area contributed by atoms with Gasteiger partial charge >= 0.3 is 0 Å². The van der Waals surface area contributed by atoms with Gasteiger partial charge in [0, 0.05) is 12.0 Å². The predicted molar refractivity (Wildman–Crippen MR) is 45.4 cm³/mol. The molecule has 0 amide bonds. The van der Waals surface area contributed by atoms with Gasteiger partial charge in [-0.05, 0) is 25.9 Å². The average Bonchev–Trinajstić information content (AvgIpc) is 2.46. The first-order valence-electron chi connectivity index (χ1n) is 4.72. The highest BCUT2D eigenvalue weighted by Crippen LogP contribution is 2.30. The number of hydrogen-bond donors (Lipinski definition) is 0. The molecule has 1 rings (SSSR count). The third kappa shape index (κ3) is 1.76. The molecule has 1 fully saturated rings. The van der Waals surface area contributed by atoms with E-state index in [0.717, 1.165) is 19.5 Å². The molecule has 0 saturated carbocycles. The molecule has 2 atom stereocenters. The minimum absolute atomic E-state index is 0.120. The molecule has 1 heterocycles. The summed E-state index contributed by atoms with van der Waals surface area (Å²) in [6.45, 7) is 5.79. The lowest BCUT2D eigenvalue weighted by atomic mass is 9.99. The summed E-state index contributed by atoms with van der Waals surface area (Å²) in [5.74, 6) is -0.380. The lowest BCUT2D eigenvalue weighted by Gasteiger charge is -2.25. The fraction of sp³-hybridized carbons (Fsp3) is 1.00. The van der Waals surface area contributed by atoms with E-state index in [9.17, 15) is 8.78 Å². The van der Waals surface area contributed by atoms with Crippen molar-refractivity contribution in [2.45, 2.75) is 39.2 Å². The second-order valence-electron chi connectivity index (χ2n) is 3.39. The molecule has 1 aliphatic rings. The molecule has 72 valence electrons. The van der Waals surface area contributed by atoms with Crippen LogP contribution in [0.5, 0.6) is 0 Å². The molecule has 0 radical (unpaired) electrons. The second kappa shape index (κ2) is 4.17. The van der Waals surface area contributed by atoms with E-state index in [0.29, 0.717) is 6.42 Å². The van der Waals surface area contributed by atoms with Crippen LogP contribution in [0.3, 0.4) is 0 Å². The first-order chi connectivity index (χ1) is 5.70. The Morgan fingerprint density at radius 1 is 1.42 bits per heavy atom. The summed E-state index contributed by atoms with van der Waals surface area (Å²) in [6, 6.07) is 0.120. The molecule has 0 N–H and O–H groups in total. The van der Waals surface area contributed by atoms with Gasteiger partial charge in [0.15, 0.2) is 0 Å². The molecular weight excluding hydrogens is 160 g/mol. The van der Waals surface area contributed by atoms with Crippen molar-refractivity contribution in [1.82, 2.24) is 4.90 Å². The van der Waals surface area contributed by atoms with E-state index < -0.39 is 6.43 Å². The van der Waals surface area contributed by atoms with E-state index >= 15 is 0 Å². The molecule has 3 heteroatoms. The van der Waals surface area contributed by atoms with Crippen molar-refractivity contribution >= 4 is 0 Å². The zero-order chi connectivity index (χ0) is 9.14. The lowest BCUT2D eigenvalue weighted by molar-refractivity contribution is 0.0533. The number of halogens is 2. The molecule has 0 aromatic rings. The Hall–Kier alpha value is -0.180. The van der Waals surface area contributed by atoms with Crippen molar-refractivity contribution in [3.05, 3.63) is 0 Å². The van der Waals surface area contributed by atoms with E-state index in [1.807, 2.05) is 13.8 Å². The molecule has 1 aliphatic heterocycles. The molecule has 0 bridgehead atoms. The third-order valence-electron chi connectivity index (χ3n) is 2.86. The van der Waals surface area contributed by atoms with Crippen LogP contribution in [-0.2, 0) is 0 Å². The Bertz CT molecular complexity index is 138.